The number of nitrogens with zero attached hydrogens (tertiary/aromatic N) is 1. The highest BCUT2D eigenvalue weighted by Gasteiger charge is 2.92. The van der Waals surface area contributed by atoms with Crippen LogP contribution in [0.15, 0.2) is 0 Å². The summed E-state index contributed by atoms with van der Waals surface area (Å²) in [5.41, 5.74) is 0. The Bertz CT molecular complexity index is 610. The van der Waals surface area contributed by atoms with Crippen LogP contribution in [-0.4, -0.2) is 71.0 Å². The Morgan fingerprint density at radius 2 is 0.639 bits per heavy atom. The van der Waals surface area contributed by atoms with Gasteiger partial charge < -0.3 is 5.11 Å². The summed E-state index contributed by atoms with van der Waals surface area (Å²) in [5, 5.41) is 8.07. The first kappa shape index (κ1) is 36.6. The number of hydrogen-bond donors (Lipinski definition) is 1. The lowest BCUT2D eigenvalue weighted by molar-refractivity contribution is -0.521. The maximum absolute atomic E-state index is 13.3. The summed E-state index contributed by atoms with van der Waals surface area (Å²) in [5.74, 6) is -25.8. The number of alkyl halides is 21. The van der Waals surface area contributed by atoms with Crippen LogP contribution in [0.2, 0.25) is 0 Å². The largest absolute Gasteiger partial charge is 0.461 e. The number of hydrogen-bond acceptors (Lipinski definition) is 2. The number of unbranched alkanes of at least 4 members (excludes halogenated alkanes) is 1. The lowest BCUT2D eigenvalue weighted by Crippen LogP contribution is -2.78. The molecule has 0 aliphatic rings. The highest BCUT2D eigenvalue weighted by Crippen LogP contribution is 2.62. The van der Waals surface area contributed by atoms with Crippen molar-refractivity contribution in [2.24, 2.45) is 0 Å². The third-order valence-electron chi connectivity index (χ3n) is 3.56. The van der Waals surface area contributed by atoms with Gasteiger partial charge in [0.25, 0.3) is 0 Å². The summed E-state index contributed by atoms with van der Waals surface area (Å²) >= 11 is 0. The van der Waals surface area contributed by atoms with Crippen molar-refractivity contribution < 1.29 is 97.3 Å². The lowest BCUT2D eigenvalue weighted by Gasteiger charge is -2.47. The summed E-state index contributed by atoms with van der Waals surface area (Å²) in [6.07, 6.45) is -22.4. The number of halogens is 21. The van der Waals surface area contributed by atoms with Gasteiger partial charge >= 0.3 is 54.4 Å². The summed E-state index contributed by atoms with van der Waals surface area (Å²) in [6, 6.07) is -26.9. The van der Waals surface area contributed by atoms with Gasteiger partial charge in [0.2, 0.25) is 0 Å². The molecule has 0 heterocycles. The monoisotopic (exact) mass is 595 g/mol. The van der Waals surface area contributed by atoms with Gasteiger partial charge in [0.05, 0.1) is 0 Å². The molecule has 220 valence electrons. The SMILES string of the molecule is CCCCO.FC(F)(F)C(F)(F)C(F)(F)N(C(F)(F)C(F)(F)C(F)(F)F)C(F)(F)C(F)(F)C(F)(F)F. The molecule has 0 rings (SSSR count). The van der Waals surface area contributed by atoms with Crippen LogP contribution in [0, 0.1) is 0 Å². The first-order valence-corrected chi connectivity index (χ1v) is 8.16. The normalized spacial score (nSPS) is 15.7. The molecule has 0 saturated carbocycles. The standard InChI is InChI=1S/C9F21N.C4H10O/c10-1(11,4(16,17)18)7(25,26)31(8(27,28)2(12,13)5(19,20)21)9(29,30)3(14,15)6(22,23)24;1-2-3-4-5/h;5H,2-4H2,1H3. The highest BCUT2D eigenvalue weighted by atomic mass is 19.4. The molecule has 0 aromatic carbocycles. The van der Waals surface area contributed by atoms with Gasteiger partial charge in [0.15, 0.2) is 0 Å². The third-order valence-corrected chi connectivity index (χ3v) is 3.56. The molecule has 0 aliphatic carbocycles. The zero-order valence-corrected chi connectivity index (χ0v) is 16.5. The van der Waals surface area contributed by atoms with E-state index in [1.54, 1.807) is 0 Å². The van der Waals surface area contributed by atoms with Crippen molar-refractivity contribution in [2.45, 2.75) is 74.2 Å². The van der Waals surface area contributed by atoms with Gasteiger partial charge in [-0.15, -0.1) is 4.90 Å². The molecule has 36 heavy (non-hydrogen) atoms. The molecule has 0 aliphatic heterocycles. The van der Waals surface area contributed by atoms with Crippen LogP contribution in [-0.2, 0) is 0 Å². The van der Waals surface area contributed by atoms with E-state index in [1.807, 2.05) is 0 Å². The molecule has 1 N–H and O–H groups in total. The van der Waals surface area contributed by atoms with E-state index >= 15 is 0 Å². The minimum Gasteiger partial charge on any atom is -0.396 e. The van der Waals surface area contributed by atoms with Crippen molar-refractivity contribution in [1.82, 2.24) is 4.90 Å². The molecule has 23 heteroatoms. The van der Waals surface area contributed by atoms with E-state index in [-0.39, 0.29) is 0 Å². The van der Waals surface area contributed by atoms with Crippen LogP contribution >= 0.6 is 0 Å². The van der Waals surface area contributed by atoms with Gasteiger partial charge in [0, 0.05) is 6.61 Å². The molecule has 0 saturated heterocycles. The zero-order chi connectivity index (χ0) is 30.2. The Balaban J connectivity index is 0. The average molecular weight is 595 g/mol. The maximum atomic E-state index is 13.3. The van der Waals surface area contributed by atoms with E-state index < -0.39 is 59.3 Å². The highest BCUT2D eigenvalue weighted by molar-refractivity contribution is 5.06. The van der Waals surface area contributed by atoms with Crippen molar-refractivity contribution in [1.29, 1.82) is 0 Å². The van der Waals surface area contributed by atoms with Gasteiger partial charge in [-0.25, -0.2) is 0 Å². The van der Waals surface area contributed by atoms with Crippen LogP contribution in [0.5, 0.6) is 0 Å². The second kappa shape index (κ2) is 10.3. The topological polar surface area (TPSA) is 23.5 Å². The quantitative estimate of drug-likeness (QED) is 0.233. The fourth-order valence-electron chi connectivity index (χ4n) is 1.62. The molecule has 0 unspecified atom stereocenters. The molecule has 0 fully saturated rings. The lowest BCUT2D eigenvalue weighted by atomic mass is 10.1. The number of rotatable bonds is 8. The first-order chi connectivity index (χ1) is 15.3. The summed E-state index contributed by atoms with van der Waals surface area (Å²) in [4.78, 5) is -5.46. The number of aliphatic hydroxyl groups excluding tert-OH is 1. The van der Waals surface area contributed by atoms with Crippen molar-refractivity contribution in [2.75, 3.05) is 6.61 Å². The van der Waals surface area contributed by atoms with E-state index in [1.165, 1.54) is 0 Å². The Kier molecular flexibility index (Phi) is 10.5. The van der Waals surface area contributed by atoms with E-state index in [2.05, 4.69) is 6.92 Å². The predicted molar refractivity (Wildman–Crippen MR) is 71.7 cm³/mol. The Hall–Kier alpha value is -1.55. The Morgan fingerprint density at radius 1 is 0.444 bits per heavy atom. The van der Waals surface area contributed by atoms with Crippen LogP contribution in [0.25, 0.3) is 0 Å². The maximum Gasteiger partial charge on any atom is 0.461 e. The second-order valence-electron chi connectivity index (χ2n) is 6.25. The van der Waals surface area contributed by atoms with Gasteiger partial charge in [-0.1, -0.05) is 13.3 Å². The summed E-state index contributed by atoms with van der Waals surface area (Å²) < 4.78 is 264. The fourth-order valence-corrected chi connectivity index (χ4v) is 1.62. The molecule has 2 nitrogen and oxygen atoms in total. The smallest absolute Gasteiger partial charge is 0.396 e. The minimum atomic E-state index is -8.97. The van der Waals surface area contributed by atoms with Crippen LogP contribution in [0.4, 0.5) is 92.2 Å². The Morgan fingerprint density at radius 3 is 0.722 bits per heavy atom. The molecule has 0 spiro atoms. The van der Waals surface area contributed by atoms with Crippen LogP contribution in [0.1, 0.15) is 19.8 Å². The van der Waals surface area contributed by atoms with Crippen molar-refractivity contribution in [3.8, 4) is 0 Å². The molecule has 0 aromatic rings. The van der Waals surface area contributed by atoms with Gasteiger partial charge in [-0.3, -0.25) is 0 Å². The average Bonchev–Trinajstić information content (AvgIpc) is 2.58. The molecular formula is C13H10F21NO. The van der Waals surface area contributed by atoms with Crippen molar-refractivity contribution in [3.63, 3.8) is 0 Å². The minimum absolute atomic E-state index is 0.344. The molecule has 0 radical (unpaired) electrons. The van der Waals surface area contributed by atoms with Gasteiger partial charge in [-0.2, -0.15) is 92.2 Å². The molecule has 0 bridgehead atoms. The fraction of sp³-hybridized carbons (Fsp3) is 1.00. The van der Waals surface area contributed by atoms with Gasteiger partial charge in [-0.05, 0) is 6.42 Å². The number of aliphatic hydroxyl groups is 1. The Labute approximate surface area is 184 Å². The van der Waals surface area contributed by atoms with Crippen LogP contribution in [0.3, 0.4) is 0 Å². The second-order valence-corrected chi connectivity index (χ2v) is 6.25. The van der Waals surface area contributed by atoms with Crippen molar-refractivity contribution in [3.05, 3.63) is 0 Å². The van der Waals surface area contributed by atoms with E-state index in [0.717, 1.165) is 12.8 Å². The van der Waals surface area contributed by atoms with E-state index in [0.29, 0.717) is 6.61 Å². The third kappa shape index (κ3) is 6.11. The molecule has 0 amide bonds. The summed E-state index contributed by atoms with van der Waals surface area (Å²) in [6.45, 7) is 2.40. The summed E-state index contributed by atoms with van der Waals surface area (Å²) in [7, 11) is 0. The molecule has 0 aromatic heterocycles. The van der Waals surface area contributed by atoms with Crippen LogP contribution < -0.4 is 0 Å². The zero-order valence-electron chi connectivity index (χ0n) is 16.5. The molecule has 0 atom stereocenters. The predicted octanol–water partition coefficient (Wildman–Crippen LogP) is 7.44. The van der Waals surface area contributed by atoms with Gasteiger partial charge in [0.1, 0.15) is 0 Å². The van der Waals surface area contributed by atoms with Crippen molar-refractivity contribution >= 4 is 0 Å². The molecular weight excluding hydrogens is 585 g/mol. The first-order valence-electron chi connectivity index (χ1n) is 8.16. The van der Waals surface area contributed by atoms with E-state index in [9.17, 15) is 92.2 Å². The van der Waals surface area contributed by atoms with E-state index in [4.69, 9.17) is 5.11 Å².